The van der Waals surface area contributed by atoms with E-state index >= 15 is 0 Å². The van der Waals surface area contributed by atoms with Gasteiger partial charge in [0.05, 0.1) is 17.6 Å². The fraction of sp³-hybridized carbons (Fsp3) is 0.500. The standard InChI is InChI=1S/C12H15F3N2O4/c1-21-7-9(18)4-5-16-8-2-3-11(17(19)20)10(6-8)12(13,14)15/h2-3,6,9,16,18H,4-5,7H2,1H3. The van der Waals surface area contributed by atoms with Crippen LogP contribution in [0.5, 0.6) is 0 Å². The molecule has 0 fully saturated rings. The Hall–Kier alpha value is -1.87. The highest BCUT2D eigenvalue weighted by atomic mass is 19.4. The van der Waals surface area contributed by atoms with Crippen molar-refractivity contribution in [3.8, 4) is 0 Å². The molecular weight excluding hydrogens is 293 g/mol. The number of benzene rings is 1. The van der Waals surface area contributed by atoms with E-state index in [2.05, 4.69) is 5.32 Å². The van der Waals surface area contributed by atoms with Gasteiger partial charge in [-0.05, 0) is 18.6 Å². The first-order valence-electron chi connectivity index (χ1n) is 6.02. The zero-order valence-corrected chi connectivity index (χ0v) is 11.2. The molecule has 6 nitrogen and oxygen atoms in total. The zero-order chi connectivity index (χ0) is 16.0. The fourth-order valence-electron chi connectivity index (χ4n) is 1.69. The summed E-state index contributed by atoms with van der Waals surface area (Å²) in [7, 11) is 1.42. The van der Waals surface area contributed by atoms with Crippen LogP contribution in [0.4, 0.5) is 24.5 Å². The number of halogens is 3. The van der Waals surface area contributed by atoms with E-state index in [-0.39, 0.29) is 25.3 Å². The van der Waals surface area contributed by atoms with Gasteiger partial charge in [-0.15, -0.1) is 0 Å². The number of hydrogen-bond donors (Lipinski definition) is 2. The molecule has 21 heavy (non-hydrogen) atoms. The molecule has 0 aliphatic heterocycles. The molecule has 0 bridgehead atoms. The van der Waals surface area contributed by atoms with Crippen LogP contribution in [0, 0.1) is 10.1 Å². The third-order valence-electron chi connectivity index (χ3n) is 2.66. The van der Waals surface area contributed by atoms with Crippen LogP contribution in [0.2, 0.25) is 0 Å². The van der Waals surface area contributed by atoms with Gasteiger partial charge in [-0.2, -0.15) is 13.2 Å². The fourth-order valence-corrected chi connectivity index (χ4v) is 1.69. The quantitative estimate of drug-likeness (QED) is 0.597. The second-order valence-corrected chi connectivity index (χ2v) is 4.31. The summed E-state index contributed by atoms with van der Waals surface area (Å²) in [6, 6.07) is 2.67. The van der Waals surface area contributed by atoms with Gasteiger partial charge in [0, 0.05) is 25.4 Å². The van der Waals surface area contributed by atoms with Crippen molar-refractivity contribution in [2.45, 2.75) is 18.7 Å². The molecule has 118 valence electrons. The molecule has 0 aliphatic rings. The van der Waals surface area contributed by atoms with E-state index in [1.54, 1.807) is 0 Å². The van der Waals surface area contributed by atoms with Crippen LogP contribution in [0.25, 0.3) is 0 Å². The van der Waals surface area contributed by atoms with Gasteiger partial charge in [-0.25, -0.2) is 0 Å². The number of nitro benzene ring substituents is 1. The molecule has 0 saturated heterocycles. The molecule has 0 radical (unpaired) electrons. The monoisotopic (exact) mass is 308 g/mol. The molecule has 1 atom stereocenters. The average Bonchev–Trinajstić information content (AvgIpc) is 2.37. The van der Waals surface area contributed by atoms with Crippen molar-refractivity contribution in [2.24, 2.45) is 0 Å². The SMILES string of the molecule is COCC(O)CCNc1ccc([N+](=O)[O-])c(C(F)(F)F)c1. The third-order valence-corrected chi connectivity index (χ3v) is 2.66. The summed E-state index contributed by atoms with van der Waals surface area (Å²) >= 11 is 0. The Balaban J connectivity index is 2.79. The minimum absolute atomic E-state index is 0.0949. The number of anilines is 1. The van der Waals surface area contributed by atoms with Gasteiger partial charge >= 0.3 is 6.18 Å². The van der Waals surface area contributed by atoms with Gasteiger partial charge in [0.2, 0.25) is 0 Å². The van der Waals surface area contributed by atoms with Gasteiger partial charge in [0.15, 0.2) is 0 Å². The predicted molar refractivity (Wildman–Crippen MR) is 69.1 cm³/mol. The van der Waals surface area contributed by atoms with Crippen LogP contribution in [-0.2, 0) is 10.9 Å². The molecular formula is C12H15F3N2O4. The maximum atomic E-state index is 12.8. The number of hydrogen-bond acceptors (Lipinski definition) is 5. The molecule has 0 amide bonds. The summed E-state index contributed by atoms with van der Waals surface area (Å²) < 4.78 is 43.0. The molecule has 0 aromatic heterocycles. The van der Waals surface area contributed by atoms with Crippen molar-refractivity contribution in [3.63, 3.8) is 0 Å². The Morgan fingerprint density at radius 1 is 1.48 bits per heavy atom. The molecule has 0 spiro atoms. The number of nitro groups is 1. The molecule has 0 saturated carbocycles. The number of rotatable bonds is 7. The molecule has 9 heteroatoms. The summed E-state index contributed by atoms with van der Waals surface area (Å²) in [5.74, 6) is 0. The Morgan fingerprint density at radius 2 is 2.14 bits per heavy atom. The number of nitrogens with zero attached hydrogens (tertiary/aromatic N) is 1. The lowest BCUT2D eigenvalue weighted by atomic mass is 10.1. The van der Waals surface area contributed by atoms with E-state index in [0.717, 1.165) is 6.07 Å². The van der Waals surface area contributed by atoms with Crippen molar-refractivity contribution >= 4 is 11.4 Å². The second kappa shape index (κ2) is 7.23. The first-order valence-corrected chi connectivity index (χ1v) is 6.02. The Morgan fingerprint density at radius 3 is 2.67 bits per heavy atom. The number of aliphatic hydroxyl groups excluding tert-OH is 1. The Labute approximate surface area is 118 Å². The van der Waals surface area contributed by atoms with Crippen molar-refractivity contribution in [3.05, 3.63) is 33.9 Å². The van der Waals surface area contributed by atoms with Gasteiger partial charge < -0.3 is 15.2 Å². The lowest BCUT2D eigenvalue weighted by Gasteiger charge is -2.13. The van der Waals surface area contributed by atoms with Gasteiger partial charge in [0.1, 0.15) is 5.56 Å². The second-order valence-electron chi connectivity index (χ2n) is 4.31. The van der Waals surface area contributed by atoms with Gasteiger partial charge in [0.25, 0.3) is 5.69 Å². The number of aliphatic hydroxyl groups is 1. The van der Waals surface area contributed by atoms with E-state index in [1.165, 1.54) is 13.2 Å². The number of alkyl halides is 3. The van der Waals surface area contributed by atoms with Crippen LogP contribution in [0.1, 0.15) is 12.0 Å². The van der Waals surface area contributed by atoms with Crippen LogP contribution < -0.4 is 5.32 Å². The van der Waals surface area contributed by atoms with Gasteiger partial charge in [-0.3, -0.25) is 10.1 Å². The summed E-state index contributed by atoms with van der Waals surface area (Å²) in [6.07, 6.45) is -5.27. The first-order chi connectivity index (χ1) is 9.75. The Kier molecular flexibility index (Phi) is 5.91. The highest BCUT2D eigenvalue weighted by Gasteiger charge is 2.38. The molecule has 0 aliphatic carbocycles. The molecule has 1 aromatic rings. The normalized spacial score (nSPS) is 13.0. The zero-order valence-electron chi connectivity index (χ0n) is 11.2. The van der Waals surface area contributed by atoms with Crippen LogP contribution >= 0.6 is 0 Å². The molecule has 0 heterocycles. The summed E-state index contributed by atoms with van der Waals surface area (Å²) in [6.45, 7) is 0.329. The molecule has 1 unspecified atom stereocenters. The smallest absolute Gasteiger partial charge is 0.391 e. The minimum Gasteiger partial charge on any atom is -0.391 e. The summed E-state index contributed by atoms with van der Waals surface area (Å²) in [5.41, 5.74) is -2.21. The largest absolute Gasteiger partial charge is 0.423 e. The van der Waals surface area contributed by atoms with E-state index in [0.29, 0.717) is 6.07 Å². The van der Waals surface area contributed by atoms with Crippen LogP contribution in [0.3, 0.4) is 0 Å². The van der Waals surface area contributed by atoms with Crippen LogP contribution in [0.15, 0.2) is 18.2 Å². The maximum absolute atomic E-state index is 12.8. The molecule has 2 N–H and O–H groups in total. The molecule has 1 rings (SSSR count). The Bertz CT molecular complexity index is 494. The average molecular weight is 308 g/mol. The van der Waals surface area contributed by atoms with Crippen molar-refractivity contribution in [1.29, 1.82) is 0 Å². The maximum Gasteiger partial charge on any atom is 0.423 e. The van der Waals surface area contributed by atoms with E-state index in [9.17, 15) is 28.4 Å². The van der Waals surface area contributed by atoms with Crippen molar-refractivity contribution in [2.75, 3.05) is 25.6 Å². The predicted octanol–water partition coefficient (Wildman–Crippen LogP) is 2.42. The van der Waals surface area contributed by atoms with Crippen LogP contribution in [-0.4, -0.2) is 36.4 Å². The minimum atomic E-state index is -4.81. The topological polar surface area (TPSA) is 84.6 Å². The van der Waals surface area contributed by atoms with Crippen molar-refractivity contribution < 1.29 is 27.9 Å². The van der Waals surface area contributed by atoms with E-state index in [1.807, 2.05) is 0 Å². The number of methoxy groups -OCH3 is 1. The highest BCUT2D eigenvalue weighted by Crippen LogP contribution is 2.37. The van der Waals surface area contributed by atoms with Gasteiger partial charge in [-0.1, -0.05) is 0 Å². The number of ether oxygens (including phenoxy) is 1. The first kappa shape index (κ1) is 17.2. The summed E-state index contributed by atoms with van der Waals surface area (Å²) in [4.78, 5) is 9.52. The third kappa shape index (κ3) is 5.20. The number of nitrogens with one attached hydrogen (secondary N) is 1. The van der Waals surface area contributed by atoms with E-state index < -0.39 is 28.5 Å². The lowest BCUT2D eigenvalue weighted by Crippen LogP contribution is -2.18. The lowest BCUT2D eigenvalue weighted by molar-refractivity contribution is -0.388. The van der Waals surface area contributed by atoms with Crippen molar-refractivity contribution in [1.82, 2.24) is 0 Å². The summed E-state index contributed by atoms with van der Waals surface area (Å²) in [5, 5.41) is 22.7. The molecule has 1 aromatic carbocycles. The van der Waals surface area contributed by atoms with E-state index in [4.69, 9.17) is 4.74 Å². The highest BCUT2D eigenvalue weighted by molar-refractivity contribution is 5.55.